The minimum absolute atomic E-state index is 0.0360. The van der Waals surface area contributed by atoms with Crippen molar-refractivity contribution in [3.8, 4) is 11.1 Å². The van der Waals surface area contributed by atoms with Crippen molar-refractivity contribution < 1.29 is 22.0 Å². The SMILES string of the molecule is O=C(CCc1cc(-c2cnc(C3CC3)nc2)ccc1F)C1CCCN1S(=O)(=O)c1cc2ccccc2o1. The summed E-state index contributed by atoms with van der Waals surface area (Å²) in [6, 6.07) is 12.6. The van der Waals surface area contributed by atoms with Crippen molar-refractivity contribution in [3.05, 3.63) is 78.1 Å². The molecule has 0 spiro atoms. The molecule has 2 aromatic carbocycles. The van der Waals surface area contributed by atoms with Crippen molar-refractivity contribution >= 4 is 26.8 Å². The van der Waals surface area contributed by atoms with E-state index >= 15 is 0 Å². The molecule has 0 radical (unpaired) electrons. The molecule has 1 aliphatic carbocycles. The Hall–Kier alpha value is -3.43. The maximum atomic E-state index is 14.6. The Morgan fingerprint density at radius 1 is 1.03 bits per heavy atom. The van der Waals surface area contributed by atoms with Crippen molar-refractivity contribution in [2.24, 2.45) is 0 Å². The second kappa shape index (κ2) is 9.46. The monoisotopic (exact) mass is 519 g/mol. The fourth-order valence-electron chi connectivity index (χ4n) is 4.96. The fourth-order valence-corrected chi connectivity index (χ4v) is 6.59. The van der Waals surface area contributed by atoms with Crippen LogP contribution in [0.25, 0.3) is 22.1 Å². The van der Waals surface area contributed by atoms with Gasteiger partial charge < -0.3 is 4.42 Å². The van der Waals surface area contributed by atoms with Crippen LogP contribution in [0.5, 0.6) is 0 Å². The highest BCUT2D eigenvalue weighted by atomic mass is 32.2. The second-order valence-electron chi connectivity index (χ2n) is 9.75. The van der Waals surface area contributed by atoms with E-state index in [2.05, 4.69) is 9.97 Å². The number of halogens is 1. The number of sulfonamides is 1. The van der Waals surface area contributed by atoms with E-state index in [1.54, 1.807) is 48.8 Å². The summed E-state index contributed by atoms with van der Waals surface area (Å²) in [4.78, 5) is 22.0. The maximum absolute atomic E-state index is 14.6. The van der Waals surface area contributed by atoms with Crippen molar-refractivity contribution in [3.63, 3.8) is 0 Å². The molecule has 1 atom stereocenters. The molecule has 0 bridgehead atoms. The van der Waals surface area contributed by atoms with E-state index in [0.29, 0.717) is 35.3 Å². The Kier molecular flexibility index (Phi) is 6.12. The lowest BCUT2D eigenvalue weighted by Gasteiger charge is -2.22. The number of fused-ring (bicyclic) bond motifs is 1. The van der Waals surface area contributed by atoms with Gasteiger partial charge in [0.05, 0.1) is 6.04 Å². The Morgan fingerprint density at radius 2 is 1.81 bits per heavy atom. The maximum Gasteiger partial charge on any atom is 0.277 e. The first-order valence-electron chi connectivity index (χ1n) is 12.5. The normalized spacial score (nSPS) is 18.5. The molecule has 9 heteroatoms. The van der Waals surface area contributed by atoms with E-state index in [4.69, 9.17) is 4.42 Å². The number of benzene rings is 2. The van der Waals surface area contributed by atoms with Gasteiger partial charge in [-0.2, -0.15) is 4.31 Å². The zero-order valence-electron chi connectivity index (χ0n) is 20.1. The average molecular weight is 520 g/mol. The topological polar surface area (TPSA) is 93.4 Å². The van der Waals surface area contributed by atoms with Gasteiger partial charge in [0.2, 0.25) is 5.09 Å². The summed E-state index contributed by atoms with van der Waals surface area (Å²) < 4.78 is 48.1. The quantitative estimate of drug-likeness (QED) is 0.315. The van der Waals surface area contributed by atoms with Gasteiger partial charge in [0.25, 0.3) is 10.0 Å². The predicted octanol–water partition coefficient (Wildman–Crippen LogP) is 5.26. The van der Waals surface area contributed by atoms with Crippen LogP contribution >= 0.6 is 0 Å². The lowest BCUT2D eigenvalue weighted by molar-refractivity contribution is -0.122. The number of carbonyl (C=O) groups excluding carboxylic acids is 1. The van der Waals surface area contributed by atoms with Crippen LogP contribution in [0.15, 0.2) is 70.4 Å². The first kappa shape index (κ1) is 23.9. The van der Waals surface area contributed by atoms with Crippen molar-refractivity contribution in [2.45, 2.75) is 55.6 Å². The van der Waals surface area contributed by atoms with Gasteiger partial charge in [0, 0.05) is 48.3 Å². The summed E-state index contributed by atoms with van der Waals surface area (Å²) in [5.74, 6) is 0.675. The summed E-state index contributed by atoms with van der Waals surface area (Å²) >= 11 is 0. The van der Waals surface area contributed by atoms with Crippen LogP contribution in [-0.2, 0) is 21.2 Å². The number of para-hydroxylation sites is 1. The minimum Gasteiger partial charge on any atom is -0.443 e. The van der Waals surface area contributed by atoms with Crippen molar-refractivity contribution in [1.29, 1.82) is 0 Å². The number of Topliss-reactive ketones (excluding diaryl/α,β-unsaturated/α-hetero) is 1. The molecule has 4 aromatic rings. The number of aryl methyl sites for hydroxylation is 1. The highest BCUT2D eigenvalue weighted by Gasteiger charge is 2.40. The molecule has 6 rings (SSSR count). The standard InChI is InChI=1S/C28H26FN3O4S/c29-23-11-9-19(22-16-30-28(31-17-22)18-7-8-18)14-20(23)10-12-25(33)24-5-3-13-32(24)37(34,35)27-15-21-4-1-2-6-26(21)36-27/h1-2,4,6,9,11,14-18,24H,3,5,7-8,10,12-13H2. The second-order valence-corrected chi connectivity index (χ2v) is 11.6. The fraction of sp³-hybridized carbons (Fsp3) is 0.321. The Bertz CT molecular complexity index is 1550. The van der Waals surface area contributed by atoms with Gasteiger partial charge in [-0.1, -0.05) is 24.3 Å². The highest BCUT2D eigenvalue weighted by molar-refractivity contribution is 7.89. The van der Waals surface area contributed by atoms with Crippen LogP contribution in [0.4, 0.5) is 4.39 Å². The Labute approximate surface area is 214 Å². The summed E-state index contributed by atoms with van der Waals surface area (Å²) in [6.45, 7) is 0.247. The van der Waals surface area contributed by atoms with Gasteiger partial charge in [-0.05, 0) is 61.4 Å². The smallest absolute Gasteiger partial charge is 0.277 e. The third-order valence-electron chi connectivity index (χ3n) is 7.18. The van der Waals surface area contributed by atoms with Crippen LogP contribution in [0.2, 0.25) is 0 Å². The zero-order chi connectivity index (χ0) is 25.6. The third-order valence-corrected chi connectivity index (χ3v) is 8.94. The van der Waals surface area contributed by atoms with Gasteiger partial charge >= 0.3 is 0 Å². The number of nitrogens with zero attached hydrogens (tertiary/aromatic N) is 3. The first-order chi connectivity index (χ1) is 17.9. The Balaban J connectivity index is 1.17. The van der Waals surface area contributed by atoms with E-state index < -0.39 is 21.9 Å². The van der Waals surface area contributed by atoms with Gasteiger partial charge in [-0.15, -0.1) is 0 Å². The van der Waals surface area contributed by atoms with Crippen molar-refractivity contribution in [1.82, 2.24) is 14.3 Å². The number of aromatic nitrogens is 2. The van der Waals surface area contributed by atoms with E-state index in [0.717, 1.165) is 29.8 Å². The van der Waals surface area contributed by atoms with E-state index in [-0.39, 0.29) is 30.3 Å². The number of carbonyl (C=O) groups is 1. The van der Waals surface area contributed by atoms with E-state index in [1.165, 1.54) is 16.4 Å². The number of hydrogen-bond acceptors (Lipinski definition) is 6. The van der Waals surface area contributed by atoms with Gasteiger partial charge in [-0.25, -0.2) is 22.8 Å². The summed E-state index contributed by atoms with van der Waals surface area (Å²) in [5, 5.41) is 0.521. The van der Waals surface area contributed by atoms with Gasteiger partial charge in [0.1, 0.15) is 17.2 Å². The molecule has 1 saturated heterocycles. The van der Waals surface area contributed by atoms with E-state index in [9.17, 15) is 17.6 Å². The number of ketones is 1. The van der Waals surface area contributed by atoms with Gasteiger partial charge in [0.15, 0.2) is 5.78 Å². The Morgan fingerprint density at radius 3 is 2.57 bits per heavy atom. The number of rotatable bonds is 8. The number of hydrogen-bond donors (Lipinski definition) is 0. The molecule has 1 aliphatic heterocycles. The lowest BCUT2D eigenvalue weighted by Crippen LogP contribution is -2.40. The minimum atomic E-state index is -3.98. The summed E-state index contributed by atoms with van der Waals surface area (Å²) in [5.41, 5.74) is 2.45. The molecular formula is C28H26FN3O4S. The van der Waals surface area contributed by atoms with Crippen molar-refractivity contribution in [2.75, 3.05) is 6.54 Å². The summed E-state index contributed by atoms with van der Waals surface area (Å²) in [7, 11) is -3.98. The molecule has 190 valence electrons. The molecule has 2 aromatic heterocycles. The molecular weight excluding hydrogens is 493 g/mol. The average Bonchev–Trinajstić information content (AvgIpc) is 3.45. The molecule has 0 N–H and O–H groups in total. The molecule has 2 aliphatic rings. The number of furan rings is 1. The molecule has 1 unspecified atom stereocenters. The van der Waals surface area contributed by atoms with Crippen LogP contribution in [-0.4, -0.2) is 41.1 Å². The highest BCUT2D eigenvalue weighted by Crippen LogP contribution is 2.38. The van der Waals surface area contributed by atoms with Crippen LogP contribution in [0, 0.1) is 5.82 Å². The van der Waals surface area contributed by atoms with Crippen LogP contribution in [0.1, 0.15) is 49.4 Å². The molecule has 3 heterocycles. The largest absolute Gasteiger partial charge is 0.443 e. The van der Waals surface area contributed by atoms with Crippen LogP contribution < -0.4 is 0 Å². The summed E-state index contributed by atoms with van der Waals surface area (Å²) in [6.07, 6.45) is 6.97. The molecule has 2 fully saturated rings. The first-order valence-corrected chi connectivity index (χ1v) is 14.0. The van der Waals surface area contributed by atoms with E-state index in [1.807, 2.05) is 0 Å². The van der Waals surface area contributed by atoms with Crippen LogP contribution in [0.3, 0.4) is 0 Å². The molecule has 1 saturated carbocycles. The molecule has 37 heavy (non-hydrogen) atoms. The molecule has 7 nitrogen and oxygen atoms in total. The predicted molar refractivity (Wildman–Crippen MR) is 136 cm³/mol. The third kappa shape index (κ3) is 4.69. The molecule has 0 amide bonds. The lowest BCUT2D eigenvalue weighted by atomic mass is 9.99. The van der Waals surface area contributed by atoms with Gasteiger partial charge in [-0.3, -0.25) is 4.79 Å². The zero-order valence-corrected chi connectivity index (χ0v) is 21.0.